The zero-order valence-corrected chi connectivity index (χ0v) is 20.2. The summed E-state index contributed by atoms with van der Waals surface area (Å²) in [6, 6.07) is -0.344. The van der Waals surface area contributed by atoms with Crippen LogP contribution in [0, 0.1) is 34.5 Å². The van der Waals surface area contributed by atoms with Gasteiger partial charge >= 0.3 is 5.97 Å². The van der Waals surface area contributed by atoms with E-state index in [9.17, 15) is 19.8 Å². The first-order valence-electron chi connectivity index (χ1n) is 12.8. The highest BCUT2D eigenvalue weighted by molar-refractivity contribution is 5.85. The van der Waals surface area contributed by atoms with E-state index in [0.29, 0.717) is 18.8 Å². The Morgan fingerprint density at radius 3 is 2.61 bits per heavy atom. The molecule has 5 N–H and O–H groups in total. The third-order valence-electron chi connectivity index (χ3n) is 10.8. The number of carbonyl (C=O) groups excluding carboxylic acids is 2. The summed E-state index contributed by atoms with van der Waals surface area (Å²) in [4.78, 5) is 23.9. The maximum absolute atomic E-state index is 12.3. The van der Waals surface area contributed by atoms with Gasteiger partial charge in [0, 0.05) is 17.5 Å². The lowest BCUT2D eigenvalue weighted by molar-refractivity contribution is -0.243. The largest absolute Gasteiger partial charge is 0.458 e. The standard InChI is InChI=1S/C26H40N2O5/c1-14(27)23(31)28-17-6-8-24(2)16(11-17)4-5-19-20(24)12-21(29)25(3)18(7-9-26(19,25)32)15-10-22(30)33-13-15/h10,14,16-21,29,32H,4-9,11-13,27H2,1-3H3,(H,28,31)/t14?,16-,17+,18-,19-,20+,21-,24+,25+,26+/m1/s1. The maximum Gasteiger partial charge on any atom is 0.331 e. The number of aliphatic hydroxyl groups is 2. The van der Waals surface area contributed by atoms with Crippen molar-refractivity contribution in [2.24, 2.45) is 40.2 Å². The van der Waals surface area contributed by atoms with E-state index >= 15 is 0 Å². The number of hydrogen-bond donors (Lipinski definition) is 4. The van der Waals surface area contributed by atoms with E-state index in [1.165, 1.54) is 0 Å². The second-order valence-corrected chi connectivity index (χ2v) is 12.1. The van der Waals surface area contributed by atoms with Crippen molar-refractivity contribution >= 4 is 11.9 Å². The molecule has 33 heavy (non-hydrogen) atoms. The molecule has 4 fully saturated rings. The maximum atomic E-state index is 12.3. The molecule has 7 nitrogen and oxygen atoms in total. The first-order chi connectivity index (χ1) is 15.5. The van der Waals surface area contributed by atoms with Crippen LogP contribution in [-0.4, -0.2) is 52.5 Å². The van der Waals surface area contributed by atoms with Gasteiger partial charge in [-0.3, -0.25) is 4.79 Å². The Morgan fingerprint density at radius 1 is 1.18 bits per heavy atom. The van der Waals surface area contributed by atoms with Crippen LogP contribution < -0.4 is 11.1 Å². The van der Waals surface area contributed by atoms with Gasteiger partial charge in [-0.1, -0.05) is 13.8 Å². The van der Waals surface area contributed by atoms with Crippen LogP contribution in [0.25, 0.3) is 0 Å². The van der Waals surface area contributed by atoms with E-state index in [1.54, 1.807) is 13.0 Å². The van der Waals surface area contributed by atoms with Crippen LogP contribution in [0.2, 0.25) is 0 Å². The number of ether oxygens (including phenoxy) is 1. The Bertz CT molecular complexity index is 873. The predicted octanol–water partition coefficient (Wildman–Crippen LogP) is 2.05. The Labute approximate surface area is 196 Å². The van der Waals surface area contributed by atoms with Crippen LogP contribution in [0.15, 0.2) is 11.6 Å². The molecule has 0 radical (unpaired) electrons. The smallest absolute Gasteiger partial charge is 0.331 e. The summed E-state index contributed by atoms with van der Waals surface area (Å²) in [5, 5.41) is 27.0. The Balaban J connectivity index is 1.39. The van der Waals surface area contributed by atoms with Crippen molar-refractivity contribution in [3.63, 3.8) is 0 Å². The molecule has 7 heteroatoms. The van der Waals surface area contributed by atoms with Crippen LogP contribution in [0.4, 0.5) is 0 Å². The molecule has 4 saturated carbocycles. The lowest BCUT2D eigenvalue weighted by atomic mass is 9.42. The molecule has 1 heterocycles. The number of hydrogen-bond acceptors (Lipinski definition) is 6. The Hall–Kier alpha value is -1.44. The lowest BCUT2D eigenvalue weighted by Gasteiger charge is -2.65. The van der Waals surface area contributed by atoms with Gasteiger partial charge in [-0.05, 0) is 93.0 Å². The van der Waals surface area contributed by atoms with E-state index in [2.05, 4.69) is 12.2 Å². The average molecular weight is 461 g/mol. The molecule has 0 aromatic rings. The normalized spacial score (nSPS) is 49.9. The van der Waals surface area contributed by atoms with Gasteiger partial charge in [-0.25, -0.2) is 4.79 Å². The molecular formula is C26H40N2O5. The summed E-state index contributed by atoms with van der Waals surface area (Å²) in [6.45, 7) is 6.40. The summed E-state index contributed by atoms with van der Waals surface area (Å²) < 4.78 is 5.18. The van der Waals surface area contributed by atoms with Crippen LogP contribution in [0.3, 0.4) is 0 Å². The molecule has 1 amide bonds. The van der Waals surface area contributed by atoms with Gasteiger partial charge in [-0.2, -0.15) is 0 Å². The van der Waals surface area contributed by atoms with Crippen molar-refractivity contribution in [3.05, 3.63) is 11.6 Å². The number of rotatable bonds is 3. The molecule has 0 bridgehead atoms. The van der Waals surface area contributed by atoms with Gasteiger partial charge in [0.1, 0.15) is 6.61 Å². The fraction of sp³-hybridized carbons (Fsp3) is 0.846. The zero-order chi connectivity index (χ0) is 23.8. The summed E-state index contributed by atoms with van der Waals surface area (Å²) >= 11 is 0. The highest BCUT2D eigenvalue weighted by Crippen LogP contribution is 2.69. The van der Waals surface area contributed by atoms with Crippen LogP contribution in [0.5, 0.6) is 0 Å². The van der Waals surface area contributed by atoms with Crippen molar-refractivity contribution in [3.8, 4) is 0 Å². The number of aliphatic hydroxyl groups excluding tert-OH is 1. The van der Waals surface area contributed by atoms with Crippen LogP contribution >= 0.6 is 0 Å². The van der Waals surface area contributed by atoms with Crippen LogP contribution in [0.1, 0.15) is 72.1 Å². The summed E-state index contributed by atoms with van der Waals surface area (Å²) in [7, 11) is 0. The molecule has 184 valence electrons. The summed E-state index contributed by atoms with van der Waals surface area (Å²) in [5.41, 5.74) is 5.12. The Kier molecular flexibility index (Phi) is 5.50. The molecular weight excluding hydrogens is 420 g/mol. The minimum atomic E-state index is -0.944. The second-order valence-electron chi connectivity index (χ2n) is 12.1. The van der Waals surface area contributed by atoms with Gasteiger partial charge in [0.25, 0.3) is 0 Å². The molecule has 1 aliphatic heterocycles. The highest BCUT2D eigenvalue weighted by Gasteiger charge is 2.70. The number of nitrogens with one attached hydrogen (secondary N) is 1. The van der Waals surface area contributed by atoms with Crippen molar-refractivity contribution in [2.45, 2.75) is 95.9 Å². The van der Waals surface area contributed by atoms with Crippen molar-refractivity contribution in [2.75, 3.05) is 6.61 Å². The topological polar surface area (TPSA) is 122 Å². The molecule has 0 saturated heterocycles. The SMILES string of the molecule is CC(N)C(=O)N[C@H]1CC[C@@]2(C)[C@H](CC[C@@H]3[C@@H]2C[C@@H](O)[C@]2(C)[C@@H](C4=CC(=O)OC4)CC[C@]32O)C1. The van der Waals surface area contributed by atoms with Crippen molar-refractivity contribution in [1.82, 2.24) is 5.32 Å². The summed E-state index contributed by atoms with van der Waals surface area (Å²) in [6.07, 6.45) is 7.90. The monoisotopic (exact) mass is 460 g/mol. The number of cyclic esters (lactones) is 1. The van der Waals surface area contributed by atoms with Gasteiger partial charge in [-0.15, -0.1) is 0 Å². The molecule has 0 spiro atoms. The minimum absolute atomic E-state index is 0.0281. The summed E-state index contributed by atoms with van der Waals surface area (Å²) in [5.74, 6) is 0.435. The van der Waals surface area contributed by atoms with E-state index in [-0.39, 0.29) is 47.7 Å². The number of amides is 1. The first-order valence-corrected chi connectivity index (χ1v) is 12.8. The molecule has 0 aromatic carbocycles. The predicted molar refractivity (Wildman–Crippen MR) is 123 cm³/mol. The molecule has 4 aliphatic carbocycles. The van der Waals surface area contributed by atoms with E-state index in [1.807, 2.05) is 6.92 Å². The molecule has 5 rings (SSSR count). The molecule has 10 atom stereocenters. The third kappa shape index (κ3) is 3.25. The number of esters is 1. The fourth-order valence-electron chi connectivity index (χ4n) is 8.85. The van der Waals surface area contributed by atoms with Gasteiger partial charge in [0.05, 0.1) is 17.7 Å². The fourth-order valence-corrected chi connectivity index (χ4v) is 8.85. The molecule has 0 aromatic heterocycles. The quantitative estimate of drug-likeness (QED) is 0.478. The van der Waals surface area contributed by atoms with Crippen molar-refractivity contribution in [1.29, 1.82) is 0 Å². The van der Waals surface area contributed by atoms with Crippen LogP contribution in [-0.2, 0) is 14.3 Å². The number of carbonyl (C=O) groups is 2. The van der Waals surface area contributed by atoms with Crippen molar-refractivity contribution < 1.29 is 24.5 Å². The van der Waals surface area contributed by atoms with Gasteiger partial charge in [0.2, 0.25) is 5.91 Å². The highest BCUT2D eigenvalue weighted by atomic mass is 16.5. The Morgan fingerprint density at radius 2 is 1.94 bits per heavy atom. The van der Waals surface area contributed by atoms with Gasteiger partial charge < -0.3 is 26.0 Å². The zero-order valence-electron chi connectivity index (χ0n) is 20.2. The second kappa shape index (κ2) is 7.79. The third-order valence-corrected chi connectivity index (χ3v) is 10.8. The number of nitrogens with two attached hydrogens (primary N) is 1. The minimum Gasteiger partial charge on any atom is -0.458 e. The first kappa shape index (κ1) is 23.3. The van der Waals surface area contributed by atoms with E-state index in [0.717, 1.165) is 44.1 Å². The van der Waals surface area contributed by atoms with Gasteiger partial charge in [0.15, 0.2) is 0 Å². The molecule has 5 aliphatic rings. The lowest BCUT2D eigenvalue weighted by Crippen LogP contribution is -2.67. The van der Waals surface area contributed by atoms with E-state index < -0.39 is 23.2 Å². The molecule has 1 unspecified atom stereocenters. The number of fused-ring (bicyclic) bond motifs is 5. The van der Waals surface area contributed by atoms with E-state index in [4.69, 9.17) is 10.5 Å². The average Bonchev–Trinajstić information content (AvgIpc) is 3.30.